The molecule has 3 fully saturated rings. The standard InChI is InChI=1S/C29H46O2/c1-19(2)8-7-9-20(3)25-12-13-26-24-11-10-22-18-23(31-21(4)30)14-16-28(22,5)27(24)15-17-29(25,26)6/h14,18-20,24-27H,7-13,15-17H2,1-6H3/t20-,24+,25-,26+,27+,28+,29-/m1/s1. The van der Waals surface area contributed by atoms with E-state index in [9.17, 15) is 4.79 Å². The Balaban J connectivity index is 1.47. The van der Waals surface area contributed by atoms with E-state index in [1.54, 1.807) is 5.57 Å². The highest BCUT2D eigenvalue weighted by molar-refractivity contribution is 5.68. The maximum absolute atomic E-state index is 11.4. The van der Waals surface area contributed by atoms with Gasteiger partial charge in [-0.05, 0) is 103 Å². The Labute approximate surface area is 191 Å². The maximum Gasteiger partial charge on any atom is 0.308 e. The van der Waals surface area contributed by atoms with Crippen LogP contribution in [0.2, 0.25) is 0 Å². The van der Waals surface area contributed by atoms with Crippen molar-refractivity contribution < 1.29 is 9.53 Å². The SMILES string of the molecule is CC(=O)OC1=CC[C@@]2(C)C(=C1)CC[C@H]1[C@@H]3CC[C@H]([C@H](C)CCCC(C)C)[C@@]3(C)CC[C@@H]12. The molecule has 0 N–H and O–H groups in total. The predicted molar refractivity (Wildman–Crippen MR) is 128 cm³/mol. The molecule has 7 atom stereocenters. The lowest BCUT2D eigenvalue weighted by Crippen LogP contribution is -2.50. The molecule has 0 amide bonds. The first-order valence-corrected chi connectivity index (χ1v) is 13.2. The zero-order valence-electron chi connectivity index (χ0n) is 21.0. The summed E-state index contributed by atoms with van der Waals surface area (Å²) in [5.74, 6) is 5.84. The van der Waals surface area contributed by atoms with Crippen LogP contribution in [0.1, 0.15) is 106 Å². The molecule has 0 aromatic rings. The van der Waals surface area contributed by atoms with Gasteiger partial charge in [-0.25, -0.2) is 0 Å². The van der Waals surface area contributed by atoms with Crippen molar-refractivity contribution in [2.75, 3.05) is 0 Å². The van der Waals surface area contributed by atoms with Gasteiger partial charge in [0.1, 0.15) is 5.76 Å². The van der Waals surface area contributed by atoms with Gasteiger partial charge in [0, 0.05) is 6.92 Å². The zero-order valence-corrected chi connectivity index (χ0v) is 21.0. The molecule has 174 valence electrons. The van der Waals surface area contributed by atoms with Crippen molar-refractivity contribution in [2.45, 2.75) is 106 Å². The molecule has 0 spiro atoms. The van der Waals surface area contributed by atoms with Gasteiger partial charge in [0.15, 0.2) is 0 Å². The molecule has 0 aliphatic heterocycles. The Bertz CT molecular complexity index is 746. The summed E-state index contributed by atoms with van der Waals surface area (Å²) in [4.78, 5) is 11.4. The van der Waals surface area contributed by atoms with Crippen molar-refractivity contribution in [1.82, 2.24) is 0 Å². The molecule has 0 aromatic carbocycles. The van der Waals surface area contributed by atoms with Gasteiger partial charge in [-0.2, -0.15) is 0 Å². The molecular formula is C29H46O2. The lowest BCUT2D eigenvalue weighted by atomic mass is 9.47. The molecule has 4 aliphatic carbocycles. The fourth-order valence-electron chi connectivity index (χ4n) is 8.65. The van der Waals surface area contributed by atoms with Crippen molar-refractivity contribution in [3.8, 4) is 0 Å². The molecule has 4 aliphatic rings. The molecule has 2 heteroatoms. The Morgan fingerprint density at radius 1 is 1.10 bits per heavy atom. The highest BCUT2D eigenvalue weighted by Gasteiger charge is 2.59. The molecule has 0 bridgehead atoms. The molecule has 2 nitrogen and oxygen atoms in total. The third-order valence-electron chi connectivity index (χ3n) is 10.2. The average molecular weight is 427 g/mol. The fourth-order valence-corrected chi connectivity index (χ4v) is 8.65. The molecule has 3 saturated carbocycles. The van der Waals surface area contributed by atoms with Crippen molar-refractivity contribution in [3.05, 3.63) is 23.5 Å². The maximum atomic E-state index is 11.4. The summed E-state index contributed by atoms with van der Waals surface area (Å²) in [6, 6.07) is 0. The minimum absolute atomic E-state index is 0.201. The van der Waals surface area contributed by atoms with Crippen LogP contribution in [-0.4, -0.2) is 5.97 Å². The van der Waals surface area contributed by atoms with Gasteiger partial charge in [0.05, 0.1) is 0 Å². The summed E-state index contributed by atoms with van der Waals surface area (Å²) >= 11 is 0. The predicted octanol–water partition coefficient (Wildman–Crippen LogP) is 8.08. The highest BCUT2D eigenvalue weighted by atomic mass is 16.5. The van der Waals surface area contributed by atoms with Crippen molar-refractivity contribution in [1.29, 1.82) is 0 Å². The number of hydrogen-bond acceptors (Lipinski definition) is 2. The Morgan fingerprint density at radius 3 is 2.58 bits per heavy atom. The van der Waals surface area contributed by atoms with E-state index in [1.807, 2.05) is 0 Å². The normalized spacial score (nSPS) is 40.4. The number of hydrogen-bond donors (Lipinski definition) is 0. The zero-order chi connectivity index (χ0) is 22.4. The van der Waals surface area contributed by atoms with E-state index in [0.717, 1.165) is 47.7 Å². The summed E-state index contributed by atoms with van der Waals surface area (Å²) in [5.41, 5.74) is 2.38. The van der Waals surface area contributed by atoms with Crippen LogP contribution in [0, 0.1) is 46.3 Å². The lowest BCUT2D eigenvalue weighted by Gasteiger charge is -2.58. The quantitative estimate of drug-likeness (QED) is 0.401. The number of allylic oxidation sites excluding steroid dienone is 3. The van der Waals surface area contributed by atoms with Crippen molar-refractivity contribution >= 4 is 5.97 Å². The van der Waals surface area contributed by atoms with Crippen molar-refractivity contribution in [3.63, 3.8) is 0 Å². The van der Waals surface area contributed by atoms with Crippen molar-refractivity contribution in [2.24, 2.45) is 46.3 Å². The Morgan fingerprint density at radius 2 is 1.87 bits per heavy atom. The summed E-state index contributed by atoms with van der Waals surface area (Å²) in [7, 11) is 0. The summed E-state index contributed by atoms with van der Waals surface area (Å²) in [6.45, 7) is 14.0. The lowest BCUT2D eigenvalue weighted by molar-refractivity contribution is -0.136. The second-order valence-electron chi connectivity index (χ2n) is 12.4. The largest absolute Gasteiger partial charge is 0.427 e. The van der Waals surface area contributed by atoms with Crippen LogP contribution in [0.3, 0.4) is 0 Å². The van der Waals surface area contributed by atoms with Gasteiger partial charge < -0.3 is 4.74 Å². The van der Waals surface area contributed by atoms with Crippen LogP contribution in [0.15, 0.2) is 23.5 Å². The van der Waals surface area contributed by atoms with E-state index in [0.29, 0.717) is 5.41 Å². The first-order chi connectivity index (χ1) is 14.6. The average Bonchev–Trinajstić information content (AvgIpc) is 3.05. The van der Waals surface area contributed by atoms with Gasteiger partial charge in [-0.3, -0.25) is 4.79 Å². The third kappa shape index (κ3) is 4.18. The number of carbonyl (C=O) groups excluding carboxylic acids is 1. The van der Waals surface area contributed by atoms with E-state index in [4.69, 9.17) is 4.74 Å². The molecule has 0 heterocycles. The van der Waals surface area contributed by atoms with Crippen LogP contribution in [0.5, 0.6) is 0 Å². The molecule has 31 heavy (non-hydrogen) atoms. The van der Waals surface area contributed by atoms with Gasteiger partial charge in [0.25, 0.3) is 0 Å². The fraction of sp³-hybridized carbons (Fsp3) is 0.828. The second-order valence-corrected chi connectivity index (χ2v) is 12.4. The number of rotatable bonds is 6. The van der Waals surface area contributed by atoms with E-state index >= 15 is 0 Å². The van der Waals surface area contributed by atoms with Crippen LogP contribution < -0.4 is 0 Å². The van der Waals surface area contributed by atoms with Crippen LogP contribution >= 0.6 is 0 Å². The van der Waals surface area contributed by atoms with E-state index < -0.39 is 0 Å². The smallest absolute Gasteiger partial charge is 0.308 e. The highest BCUT2D eigenvalue weighted by Crippen LogP contribution is 2.67. The molecule has 0 saturated heterocycles. The molecule has 4 rings (SSSR count). The Hall–Kier alpha value is -1.05. The third-order valence-corrected chi connectivity index (χ3v) is 10.2. The van der Waals surface area contributed by atoms with Gasteiger partial charge >= 0.3 is 5.97 Å². The number of carbonyl (C=O) groups is 1. The van der Waals surface area contributed by atoms with E-state index in [1.165, 1.54) is 64.7 Å². The summed E-state index contributed by atoms with van der Waals surface area (Å²) in [5, 5.41) is 0. The minimum atomic E-state index is -0.201. The first-order valence-electron chi connectivity index (χ1n) is 13.2. The number of fused-ring (bicyclic) bond motifs is 5. The monoisotopic (exact) mass is 426 g/mol. The number of esters is 1. The second kappa shape index (κ2) is 8.71. The van der Waals surface area contributed by atoms with Crippen LogP contribution in [0.25, 0.3) is 0 Å². The Kier molecular flexibility index (Phi) is 6.50. The minimum Gasteiger partial charge on any atom is -0.427 e. The topological polar surface area (TPSA) is 26.3 Å². The molecule has 0 unspecified atom stereocenters. The van der Waals surface area contributed by atoms with Crippen LogP contribution in [-0.2, 0) is 9.53 Å². The van der Waals surface area contributed by atoms with E-state index in [2.05, 4.69) is 46.8 Å². The van der Waals surface area contributed by atoms with Crippen LogP contribution in [0.4, 0.5) is 0 Å². The summed E-state index contributed by atoms with van der Waals surface area (Å²) < 4.78 is 5.44. The van der Waals surface area contributed by atoms with E-state index in [-0.39, 0.29) is 11.4 Å². The molecule has 0 aromatic heterocycles. The van der Waals surface area contributed by atoms with Gasteiger partial charge in [-0.15, -0.1) is 0 Å². The summed E-state index contributed by atoms with van der Waals surface area (Å²) in [6.07, 6.45) is 17.9. The van der Waals surface area contributed by atoms with Gasteiger partial charge in [0.2, 0.25) is 0 Å². The first kappa shape index (κ1) is 23.1. The molecular weight excluding hydrogens is 380 g/mol. The van der Waals surface area contributed by atoms with Gasteiger partial charge in [-0.1, -0.05) is 59.5 Å². The number of ether oxygens (including phenoxy) is 1. The molecule has 0 radical (unpaired) electrons.